The average molecular weight is 495 g/mol. The summed E-state index contributed by atoms with van der Waals surface area (Å²) in [4.78, 5) is 47.3. The van der Waals surface area contributed by atoms with Crippen molar-refractivity contribution in [1.29, 1.82) is 0 Å². The van der Waals surface area contributed by atoms with Gasteiger partial charge >= 0.3 is 11.8 Å². The molecule has 1 aliphatic carbocycles. The van der Waals surface area contributed by atoms with Crippen molar-refractivity contribution in [2.24, 2.45) is 5.92 Å². The number of hydrogen-bond acceptors (Lipinski definition) is 5. The van der Waals surface area contributed by atoms with Crippen LogP contribution in [-0.4, -0.2) is 51.1 Å². The minimum absolute atomic E-state index is 0.0311. The van der Waals surface area contributed by atoms with Crippen LogP contribution in [0.15, 0.2) is 52.1 Å². The van der Waals surface area contributed by atoms with Crippen LogP contribution in [0.2, 0.25) is 0 Å². The Balaban J connectivity index is 1.40. The van der Waals surface area contributed by atoms with Crippen LogP contribution in [0.5, 0.6) is 0 Å². The Hall–Kier alpha value is -3.82. The van der Waals surface area contributed by atoms with Gasteiger partial charge in [-0.25, -0.2) is 14.0 Å². The number of amides is 1. The summed E-state index contributed by atoms with van der Waals surface area (Å²) in [7, 11) is 0. The standard InChI is InChI=1S/C26H27FN4O5/c27-20-11-19-21(12-22(20)28-13-17-7-4-10-29(26(34)35)23(17)14-28)30(18-8-9-18)25(33)31(24(19)32)36-15-16-5-2-1-3-6-16/h1-3,5-6,11-12,17-18,23H,4,7-10,13-15H2,(H,34,35). The highest BCUT2D eigenvalue weighted by molar-refractivity contribution is 5.83. The first kappa shape index (κ1) is 22.6. The lowest BCUT2D eigenvalue weighted by atomic mass is 9.92. The van der Waals surface area contributed by atoms with Crippen LogP contribution in [0.3, 0.4) is 0 Å². The van der Waals surface area contributed by atoms with E-state index in [0.29, 0.717) is 30.8 Å². The quantitative estimate of drug-likeness (QED) is 0.586. The fourth-order valence-corrected chi connectivity index (χ4v) is 5.69. The third kappa shape index (κ3) is 3.81. The van der Waals surface area contributed by atoms with Crippen molar-refractivity contribution in [3.8, 4) is 0 Å². The van der Waals surface area contributed by atoms with E-state index in [1.807, 2.05) is 35.2 Å². The van der Waals surface area contributed by atoms with Gasteiger partial charge in [0.15, 0.2) is 0 Å². The number of rotatable bonds is 5. The molecule has 2 unspecified atom stereocenters. The molecule has 1 saturated carbocycles. The molecule has 3 aliphatic rings. The molecule has 0 spiro atoms. The maximum Gasteiger partial charge on any atom is 0.407 e. The number of piperidine rings is 1. The zero-order chi connectivity index (χ0) is 25.0. The molecule has 3 fully saturated rings. The zero-order valence-electron chi connectivity index (χ0n) is 19.7. The summed E-state index contributed by atoms with van der Waals surface area (Å²) in [5.41, 5.74) is 0.206. The van der Waals surface area contributed by atoms with E-state index in [-0.39, 0.29) is 30.0 Å². The van der Waals surface area contributed by atoms with Crippen molar-refractivity contribution in [1.82, 2.24) is 14.2 Å². The first-order valence-corrected chi connectivity index (χ1v) is 12.3. The van der Waals surface area contributed by atoms with Crippen molar-refractivity contribution in [3.63, 3.8) is 0 Å². The summed E-state index contributed by atoms with van der Waals surface area (Å²) in [5, 5.41) is 9.68. The summed E-state index contributed by atoms with van der Waals surface area (Å²) in [6.45, 7) is 1.42. The minimum Gasteiger partial charge on any atom is -0.465 e. The Morgan fingerprint density at radius 2 is 1.86 bits per heavy atom. The fourth-order valence-electron chi connectivity index (χ4n) is 5.69. The second kappa shape index (κ2) is 8.69. The van der Waals surface area contributed by atoms with Gasteiger partial charge in [-0.15, -0.1) is 0 Å². The normalized spacial score (nSPS) is 21.6. The number of hydrogen-bond donors (Lipinski definition) is 1. The number of benzene rings is 2. The molecular formula is C26H27FN4O5. The summed E-state index contributed by atoms with van der Waals surface area (Å²) < 4.78 is 17.7. The molecule has 3 aromatic rings. The smallest absolute Gasteiger partial charge is 0.407 e. The van der Waals surface area contributed by atoms with Crippen LogP contribution >= 0.6 is 0 Å². The Bertz CT molecular complexity index is 1450. The molecule has 2 saturated heterocycles. The van der Waals surface area contributed by atoms with Gasteiger partial charge in [-0.05, 0) is 49.3 Å². The van der Waals surface area contributed by atoms with E-state index < -0.39 is 23.2 Å². The Morgan fingerprint density at radius 3 is 2.58 bits per heavy atom. The number of carboxylic acid groups (broad SMARTS) is 1. The third-order valence-electron chi connectivity index (χ3n) is 7.60. The summed E-state index contributed by atoms with van der Waals surface area (Å²) in [5.74, 6) is -0.453. The molecule has 6 rings (SSSR count). The molecule has 10 heteroatoms. The molecule has 1 amide bonds. The van der Waals surface area contributed by atoms with E-state index in [0.717, 1.165) is 36.0 Å². The summed E-state index contributed by atoms with van der Waals surface area (Å²) in [6.07, 6.45) is 2.30. The number of halogens is 1. The molecular weight excluding hydrogens is 467 g/mol. The molecule has 2 atom stereocenters. The van der Waals surface area contributed by atoms with Gasteiger partial charge in [0.05, 0.1) is 22.6 Å². The fraction of sp³-hybridized carbons (Fsp3) is 0.423. The van der Waals surface area contributed by atoms with E-state index >= 15 is 4.39 Å². The Kier molecular flexibility index (Phi) is 5.46. The number of carbonyl (C=O) groups is 1. The topological polar surface area (TPSA) is 97.0 Å². The van der Waals surface area contributed by atoms with Gasteiger partial charge in [0.25, 0.3) is 5.56 Å². The molecule has 2 aromatic carbocycles. The van der Waals surface area contributed by atoms with E-state index in [9.17, 15) is 19.5 Å². The zero-order valence-corrected chi connectivity index (χ0v) is 19.7. The predicted molar refractivity (Wildman–Crippen MR) is 131 cm³/mol. The maximum atomic E-state index is 15.5. The molecule has 9 nitrogen and oxygen atoms in total. The lowest BCUT2D eigenvalue weighted by Crippen LogP contribution is -2.47. The Labute approximate surface area is 205 Å². The molecule has 0 radical (unpaired) electrons. The van der Waals surface area contributed by atoms with Gasteiger partial charge in [-0.3, -0.25) is 9.36 Å². The minimum atomic E-state index is -0.954. The SMILES string of the molecule is O=C(O)N1CCCC2CN(c3cc4c(cc3F)c(=O)n(OCc3ccccc3)c(=O)n4C3CC3)CC21. The second-order valence-electron chi connectivity index (χ2n) is 9.91. The van der Waals surface area contributed by atoms with Gasteiger partial charge in [0, 0.05) is 25.7 Å². The maximum absolute atomic E-state index is 15.5. The van der Waals surface area contributed by atoms with Gasteiger partial charge < -0.3 is 19.7 Å². The van der Waals surface area contributed by atoms with Crippen molar-refractivity contribution >= 4 is 22.7 Å². The third-order valence-corrected chi connectivity index (χ3v) is 7.60. The highest BCUT2D eigenvalue weighted by atomic mass is 19.1. The molecule has 3 heterocycles. The molecule has 36 heavy (non-hydrogen) atoms. The molecule has 1 aromatic heterocycles. The van der Waals surface area contributed by atoms with E-state index in [1.165, 1.54) is 15.5 Å². The number of aromatic nitrogens is 2. The number of anilines is 1. The highest BCUT2D eigenvalue weighted by Gasteiger charge is 2.42. The average Bonchev–Trinajstić information content (AvgIpc) is 3.61. The van der Waals surface area contributed by atoms with Gasteiger partial charge in [-0.1, -0.05) is 35.1 Å². The van der Waals surface area contributed by atoms with Crippen molar-refractivity contribution in [3.05, 3.63) is 74.7 Å². The lowest BCUT2D eigenvalue weighted by Gasteiger charge is -2.34. The van der Waals surface area contributed by atoms with Crippen LogP contribution < -0.4 is 21.0 Å². The predicted octanol–water partition coefficient (Wildman–Crippen LogP) is 2.84. The van der Waals surface area contributed by atoms with Crippen LogP contribution in [0.4, 0.5) is 14.9 Å². The first-order valence-electron chi connectivity index (χ1n) is 12.3. The van der Waals surface area contributed by atoms with Gasteiger partial charge in [0.2, 0.25) is 0 Å². The van der Waals surface area contributed by atoms with Gasteiger partial charge in [0.1, 0.15) is 12.4 Å². The van der Waals surface area contributed by atoms with Crippen molar-refractivity contribution < 1.29 is 19.1 Å². The van der Waals surface area contributed by atoms with Gasteiger partial charge in [-0.2, -0.15) is 0 Å². The number of likely N-dealkylation sites (tertiary alicyclic amines) is 1. The van der Waals surface area contributed by atoms with Crippen LogP contribution in [0, 0.1) is 11.7 Å². The molecule has 188 valence electrons. The van der Waals surface area contributed by atoms with E-state index in [1.54, 1.807) is 6.07 Å². The van der Waals surface area contributed by atoms with Crippen LogP contribution in [-0.2, 0) is 6.61 Å². The largest absolute Gasteiger partial charge is 0.465 e. The molecule has 0 bridgehead atoms. The Morgan fingerprint density at radius 1 is 1.08 bits per heavy atom. The highest BCUT2D eigenvalue weighted by Crippen LogP contribution is 2.38. The van der Waals surface area contributed by atoms with Crippen molar-refractivity contribution in [2.45, 2.75) is 44.4 Å². The monoisotopic (exact) mass is 494 g/mol. The van der Waals surface area contributed by atoms with Crippen LogP contribution in [0.1, 0.15) is 37.3 Å². The first-order chi connectivity index (χ1) is 17.4. The molecule has 2 aliphatic heterocycles. The van der Waals surface area contributed by atoms with Crippen LogP contribution in [0.25, 0.3) is 10.9 Å². The second-order valence-corrected chi connectivity index (χ2v) is 9.91. The lowest BCUT2D eigenvalue weighted by molar-refractivity contribution is 0.0773. The summed E-state index contributed by atoms with van der Waals surface area (Å²) >= 11 is 0. The summed E-state index contributed by atoms with van der Waals surface area (Å²) in [6, 6.07) is 11.7. The van der Waals surface area contributed by atoms with E-state index in [2.05, 4.69) is 0 Å². The van der Waals surface area contributed by atoms with Crippen molar-refractivity contribution in [2.75, 3.05) is 24.5 Å². The van der Waals surface area contributed by atoms with E-state index in [4.69, 9.17) is 4.84 Å². The number of nitrogens with zero attached hydrogens (tertiary/aromatic N) is 4. The number of fused-ring (bicyclic) bond motifs is 2. The molecule has 1 N–H and O–H groups in total.